The molecule has 0 aromatic carbocycles. The van der Waals surface area contributed by atoms with E-state index in [-0.39, 0.29) is 5.25 Å². The smallest absolute Gasteiger partial charge is 0.217 e. The molecule has 1 unspecified atom stereocenters. The van der Waals surface area contributed by atoms with Crippen molar-refractivity contribution >= 4 is 10.0 Å². The van der Waals surface area contributed by atoms with Gasteiger partial charge in [0.15, 0.2) is 0 Å². The van der Waals surface area contributed by atoms with Crippen molar-refractivity contribution in [1.29, 1.82) is 0 Å². The first-order valence-corrected chi connectivity index (χ1v) is 6.14. The van der Waals surface area contributed by atoms with E-state index in [4.69, 9.17) is 0 Å². The summed E-state index contributed by atoms with van der Waals surface area (Å²) in [6, 6.07) is 0. The van der Waals surface area contributed by atoms with E-state index in [1.54, 1.807) is 14.0 Å². The quantitative estimate of drug-likeness (QED) is 0.681. The van der Waals surface area contributed by atoms with Crippen LogP contribution in [0.5, 0.6) is 0 Å². The first-order chi connectivity index (χ1) is 6.00. The zero-order chi connectivity index (χ0) is 10.5. The average Bonchev–Trinajstić information content (AvgIpc) is 2.06. The second-order valence-corrected chi connectivity index (χ2v) is 5.35. The van der Waals surface area contributed by atoms with Gasteiger partial charge in [-0.25, -0.2) is 12.7 Å². The van der Waals surface area contributed by atoms with Crippen LogP contribution in [0.25, 0.3) is 0 Å². The van der Waals surface area contributed by atoms with Crippen molar-refractivity contribution in [3.05, 3.63) is 0 Å². The van der Waals surface area contributed by atoms with Gasteiger partial charge in [-0.1, -0.05) is 13.8 Å². The molecule has 0 bridgehead atoms. The molecule has 1 atom stereocenters. The molecule has 0 spiro atoms. The Morgan fingerprint density at radius 2 is 1.77 bits per heavy atom. The highest BCUT2D eigenvalue weighted by Gasteiger charge is 2.25. The minimum Gasteiger partial charge on any atom is -0.318 e. The maximum atomic E-state index is 11.8. The summed E-state index contributed by atoms with van der Waals surface area (Å²) in [5.74, 6) is 0. The average molecular weight is 208 g/mol. The van der Waals surface area contributed by atoms with Crippen molar-refractivity contribution in [2.75, 3.05) is 26.7 Å². The lowest BCUT2D eigenvalue weighted by atomic mass is 10.5. The molecule has 0 aromatic rings. The third-order valence-electron chi connectivity index (χ3n) is 2.07. The van der Waals surface area contributed by atoms with Gasteiger partial charge < -0.3 is 5.32 Å². The second kappa shape index (κ2) is 5.57. The predicted molar refractivity (Wildman–Crippen MR) is 55.2 cm³/mol. The van der Waals surface area contributed by atoms with Gasteiger partial charge in [0.05, 0.1) is 5.25 Å². The Kier molecular flexibility index (Phi) is 5.51. The van der Waals surface area contributed by atoms with Gasteiger partial charge >= 0.3 is 0 Å². The maximum Gasteiger partial charge on any atom is 0.217 e. The number of hydrogen-bond donors (Lipinski definition) is 1. The molecule has 0 aliphatic carbocycles. The minimum atomic E-state index is -3.09. The summed E-state index contributed by atoms with van der Waals surface area (Å²) in [6.07, 6.45) is 0. The highest BCUT2D eigenvalue weighted by atomic mass is 32.2. The van der Waals surface area contributed by atoms with Crippen molar-refractivity contribution < 1.29 is 8.42 Å². The topological polar surface area (TPSA) is 49.4 Å². The monoisotopic (exact) mass is 208 g/mol. The molecule has 0 saturated heterocycles. The van der Waals surface area contributed by atoms with Gasteiger partial charge in [-0.3, -0.25) is 0 Å². The summed E-state index contributed by atoms with van der Waals surface area (Å²) in [4.78, 5) is 0. The minimum absolute atomic E-state index is 0.350. The highest BCUT2D eigenvalue weighted by molar-refractivity contribution is 7.89. The molecule has 5 heteroatoms. The summed E-state index contributed by atoms with van der Waals surface area (Å²) >= 11 is 0. The number of nitrogens with zero attached hydrogens (tertiary/aromatic N) is 1. The van der Waals surface area contributed by atoms with E-state index in [9.17, 15) is 8.42 Å². The van der Waals surface area contributed by atoms with Crippen LogP contribution < -0.4 is 5.32 Å². The predicted octanol–water partition coefficient (Wildman–Crippen LogP) is 0.266. The lowest BCUT2D eigenvalue weighted by Crippen LogP contribution is -2.41. The van der Waals surface area contributed by atoms with Crippen molar-refractivity contribution in [3.8, 4) is 0 Å². The van der Waals surface area contributed by atoms with Gasteiger partial charge in [0.25, 0.3) is 0 Å². The Bertz CT molecular complexity index is 222. The summed E-state index contributed by atoms with van der Waals surface area (Å²) in [7, 11) is -1.33. The first kappa shape index (κ1) is 12.9. The molecule has 0 aromatic heterocycles. The molecular weight excluding hydrogens is 188 g/mol. The Hall–Kier alpha value is -0.130. The van der Waals surface area contributed by atoms with Crippen molar-refractivity contribution in [2.24, 2.45) is 0 Å². The summed E-state index contributed by atoms with van der Waals surface area (Å²) in [6.45, 7) is 7.03. The van der Waals surface area contributed by atoms with E-state index in [2.05, 4.69) is 5.32 Å². The summed E-state index contributed by atoms with van der Waals surface area (Å²) < 4.78 is 25.0. The van der Waals surface area contributed by atoms with Gasteiger partial charge in [0, 0.05) is 19.6 Å². The number of hydrogen-bond acceptors (Lipinski definition) is 3. The molecule has 0 fully saturated rings. The lowest BCUT2D eigenvalue weighted by Gasteiger charge is -2.22. The van der Waals surface area contributed by atoms with Crippen molar-refractivity contribution in [1.82, 2.24) is 9.62 Å². The number of sulfonamides is 1. The molecule has 0 aliphatic rings. The molecule has 0 rings (SSSR count). The third kappa shape index (κ3) is 3.25. The van der Waals surface area contributed by atoms with Gasteiger partial charge in [-0.2, -0.15) is 0 Å². The molecule has 13 heavy (non-hydrogen) atoms. The molecule has 0 aliphatic heterocycles. The van der Waals surface area contributed by atoms with Gasteiger partial charge in [-0.15, -0.1) is 0 Å². The molecule has 4 nitrogen and oxygen atoms in total. The Balaban J connectivity index is 4.53. The van der Waals surface area contributed by atoms with Crippen molar-refractivity contribution in [3.63, 3.8) is 0 Å². The van der Waals surface area contributed by atoms with Crippen LogP contribution in [-0.2, 0) is 10.0 Å². The van der Waals surface area contributed by atoms with Crippen LogP contribution in [0.2, 0.25) is 0 Å². The Morgan fingerprint density at radius 1 is 1.31 bits per heavy atom. The van der Waals surface area contributed by atoms with Crippen LogP contribution in [0.3, 0.4) is 0 Å². The molecule has 1 N–H and O–H groups in total. The molecular formula is C8H20N2O2S. The normalized spacial score (nSPS) is 14.8. The molecule has 0 saturated carbocycles. The van der Waals surface area contributed by atoms with Gasteiger partial charge in [0.2, 0.25) is 10.0 Å². The standard InChI is InChI=1S/C8H20N2O2S/c1-5-10(6-2)13(11,12)8(3)7-9-4/h8-9H,5-7H2,1-4H3. The fraction of sp³-hybridized carbons (Fsp3) is 1.00. The molecule has 0 radical (unpaired) electrons. The molecule has 80 valence electrons. The van der Waals surface area contributed by atoms with Crippen LogP contribution in [0.4, 0.5) is 0 Å². The van der Waals surface area contributed by atoms with E-state index in [0.717, 1.165) is 0 Å². The Morgan fingerprint density at radius 3 is 2.08 bits per heavy atom. The Labute approximate surface area is 81.4 Å². The summed E-state index contributed by atoms with van der Waals surface area (Å²) in [5.41, 5.74) is 0. The van der Waals surface area contributed by atoms with E-state index in [1.165, 1.54) is 4.31 Å². The second-order valence-electron chi connectivity index (χ2n) is 3.00. The largest absolute Gasteiger partial charge is 0.318 e. The van der Waals surface area contributed by atoms with E-state index >= 15 is 0 Å². The molecule has 0 heterocycles. The third-order valence-corrected chi connectivity index (χ3v) is 4.49. The fourth-order valence-electron chi connectivity index (χ4n) is 1.23. The SMILES string of the molecule is CCN(CC)S(=O)(=O)C(C)CNC. The first-order valence-electron chi connectivity index (χ1n) is 4.64. The zero-order valence-electron chi connectivity index (χ0n) is 8.87. The summed E-state index contributed by atoms with van der Waals surface area (Å²) in [5, 5.41) is 2.52. The van der Waals surface area contributed by atoms with Crippen LogP contribution in [0, 0.1) is 0 Å². The zero-order valence-corrected chi connectivity index (χ0v) is 9.69. The van der Waals surface area contributed by atoms with E-state index in [0.29, 0.717) is 19.6 Å². The van der Waals surface area contributed by atoms with Crippen LogP contribution in [0.15, 0.2) is 0 Å². The van der Waals surface area contributed by atoms with Crippen LogP contribution in [0.1, 0.15) is 20.8 Å². The fourth-order valence-corrected chi connectivity index (χ4v) is 2.84. The highest BCUT2D eigenvalue weighted by Crippen LogP contribution is 2.07. The van der Waals surface area contributed by atoms with Crippen LogP contribution in [-0.4, -0.2) is 44.7 Å². The lowest BCUT2D eigenvalue weighted by molar-refractivity contribution is 0.435. The van der Waals surface area contributed by atoms with Crippen LogP contribution >= 0.6 is 0 Å². The van der Waals surface area contributed by atoms with E-state index < -0.39 is 10.0 Å². The molecule has 0 amide bonds. The number of nitrogens with one attached hydrogen (secondary N) is 1. The van der Waals surface area contributed by atoms with Crippen molar-refractivity contribution in [2.45, 2.75) is 26.0 Å². The number of rotatable bonds is 6. The maximum absolute atomic E-state index is 11.8. The van der Waals surface area contributed by atoms with E-state index in [1.807, 2.05) is 13.8 Å². The van der Waals surface area contributed by atoms with Gasteiger partial charge in [-0.05, 0) is 14.0 Å². The van der Waals surface area contributed by atoms with Gasteiger partial charge in [0.1, 0.15) is 0 Å².